The summed E-state index contributed by atoms with van der Waals surface area (Å²) in [6, 6.07) is 12.6. The number of anilines is 1. The maximum absolute atomic E-state index is 12.4. The number of rotatable bonds is 6. The smallest absolute Gasteiger partial charge is 0.320 e. The van der Waals surface area contributed by atoms with E-state index < -0.39 is 5.41 Å². The molecule has 1 aliphatic carbocycles. The Morgan fingerprint density at radius 3 is 2.48 bits per heavy atom. The summed E-state index contributed by atoms with van der Waals surface area (Å²) in [5.41, 5.74) is 1.40. The van der Waals surface area contributed by atoms with Gasteiger partial charge in [0.25, 0.3) is 0 Å². The number of hydrogen-bond donors (Lipinski definition) is 3. The first-order valence-electron chi connectivity index (χ1n) is 8.56. The minimum atomic E-state index is -0.514. The molecule has 0 spiro atoms. The maximum atomic E-state index is 12.4. The third-order valence-electron chi connectivity index (χ3n) is 4.52. The van der Waals surface area contributed by atoms with Crippen LogP contribution in [0.1, 0.15) is 49.9 Å². The fraction of sp³-hybridized carbons (Fsp3) is 0.421. The first-order chi connectivity index (χ1) is 12.0. The van der Waals surface area contributed by atoms with E-state index in [0.717, 1.165) is 24.1 Å². The number of nitrogens with one attached hydrogen (secondary N) is 2. The predicted octanol–water partition coefficient (Wildman–Crippen LogP) is 3.24. The zero-order valence-electron chi connectivity index (χ0n) is 14.6. The van der Waals surface area contributed by atoms with E-state index in [1.807, 2.05) is 50.2 Å². The highest BCUT2D eigenvalue weighted by Crippen LogP contribution is 2.38. The standard InChI is InChI=1S/C19H24N4O2/c1-19(2,12-24)17(14-6-4-3-5-7-14)21-18(25)20-16-11-10-15(22-23-16)13-8-9-13/h3-7,10-11,13,17,24H,8-9,12H2,1-2H3,(H2,20,21,23,25)/t17-/m0/s1. The lowest BCUT2D eigenvalue weighted by atomic mass is 9.81. The molecule has 1 aromatic heterocycles. The molecule has 2 amide bonds. The van der Waals surface area contributed by atoms with E-state index in [2.05, 4.69) is 20.8 Å². The van der Waals surface area contributed by atoms with E-state index in [1.165, 1.54) is 0 Å². The van der Waals surface area contributed by atoms with E-state index in [1.54, 1.807) is 6.07 Å². The van der Waals surface area contributed by atoms with Crippen molar-refractivity contribution in [3.05, 3.63) is 53.7 Å². The van der Waals surface area contributed by atoms with E-state index in [-0.39, 0.29) is 18.7 Å². The highest BCUT2D eigenvalue weighted by Gasteiger charge is 2.31. The van der Waals surface area contributed by atoms with E-state index in [4.69, 9.17) is 0 Å². The molecule has 2 aromatic rings. The van der Waals surface area contributed by atoms with Gasteiger partial charge in [0.2, 0.25) is 0 Å². The summed E-state index contributed by atoms with van der Waals surface area (Å²) < 4.78 is 0. The molecule has 0 unspecified atom stereocenters. The Bertz CT molecular complexity index is 712. The van der Waals surface area contributed by atoms with Crippen molar-refractivity contribution in [2.24, 2.45) is 5.41 Å². The van der Waals surface area contributed by atoms with Crippen molar-refractivity contribution < 1.29 is 9.90 Å². The summed E-state index contributed by atoms with van der Waals surface area (Å²) in [5.74, 6) is 0.943. The quantitative estimate of drug-likeness (QED) is 0.753. The number of carbonyl (C=O) groups is 1. The lowest BCUT2D eigenvalue weighted by Crippen LogP contribution is -2.42. The number of hydrogen-bond acceptors (Lipinski definition) is 4. The molecule has 1 aliphatic rings. The topological polar surface area (TPSA) is 87.1 Å². The first-order valence-corrected chi connectivity index (χ1v) is 8.56. The SMILES string of the molecule is CC(C)(CO)[C@@H](NC(=O)Nc1ccc(C2CC2)nn1)c1ccccc1. The molecule has 0 radical (unpaired) electrons. The number of carbonyl (C=O) groups excluding carboxylic acids is 1. The average molecular weight is 340 g/mol. The third-order valence-corrected chi connectivity index (χ3v) is 4.52. The molecule has 1 atom stereocenters. The summed E-state index contributed by atoms with van der Waals surface area (Å²) in [6.45, 7) is 3.77. The zero-order chi connectivity index (χ0) is 17.9. The van der Waals surface area contributed by atoms with Crippen LogP contribution in [0, 0.1) is 5.41 Å². The van der Waals surface area contributed by atoms with E-state index >= 15 is 0 Å². The molecule has 1 saturated carbocycles. The van der Waals surface area contributed by atoms with Crippen molar-refractivity contribution in [1.82, 2.24) is 15.5 Å². The Labute approximate surface area is 147 Å². The molecule has 0 saturated heterocycles. The zero-order valence-corrected chi connectivity index (χ0v) is 14.6. The van der Waals surface area contributed by atoms with Gasteiger partial charge in [0.05, 0.1) is 18.3 Å². The van der Waals surface area contributed by atoms with Gasteiger partial charge in [-0.2, -0.15) is 5.10 Å². The monoisotopic (exact) mass is 340 g/mol. The largest absolute Gasteiger partial charge is 0.396 e. The van der Waals surface area contributed by atoms with Crippen molar-refractivity contribution >= 4 is 11.8 Å². The molecule has 3 N–H and O–H groups in total. The molecule has 132 valence electrons. The minimum absolute atomic E-state index is 0.0528. The number of amides is 2. The molecule has 0 aliphatic heterocycles. The second-order valence-electron chi connectivity index (χ2n) is 7.21. The molecule has 6 heteroatoms. The first kappa shape index (κ1) is 17.4. The number of nitrogens with zero attached hydrogens (tertiary/aromatic N) is 2. The molecular formula is C19H24N4O2. The molecule has 25 heavy (non-hydrogen) atoms. The van der Waals surface area contributed by atoms with Crippen molar-refractivity contribution in [3.63, 3.8) is 0 Å². The van der Waals surface area contributed by atoms with Gasteiger partial charge in [0, 0.05) is 11.3 Å². The number of benzene rings is 1. The minimum Gasteiger partial charge on any atom is -0.396 e. The maximum Gasteiger partial charge on any atom is 0.320 e. The van der Waals surface area contributed by atoms with Crippen LogP contribution in [0.15, 0.2) is 42.5 Å². The molecule has 1 aromatic carbocycles. The number of aliphatic hydroxyl groups is 1. The Hall–Kier alpha value is -2.47. The van der Waals surface area contributed by atoms with Crippen LogP contribution in [0.5, 0.6) is 0 Å². The van der Waals surface area contributed by atoms with Crippen LogP contribution in [0.25, 0.3) is 0 Å². The van der Waals surface area contributed by atoms with Gasteiger partial charge in [-0.1, -0.05) is 44.2 Å². The number of aliphatic hydroxyl groups excluding tert-OH is 1. The highest BCUT2D eigenvalue weighted by atomic mass is 16.3. The van der Waals surface area contributed by atoms with Crippen LogP contribution in [-0.2, 0) is 0 Å². The Balaban J connectivity index is 1.69. The molecule has 1 fully saturated rings. The van der Waals surface area contributed by atoms with E-state index in [0.29, 0.717) is 11.7 Å². The van der Waals surface area contributed by atoms with Crippen molar-refractivity contribution in [3.8, 4) is 0 Å². The van der Waals surface area contributed by atoms with Gasteiger partial charge in [-0.3, -0.25) is 5.32 Å². The van der Waals surface area contributed by atoms with Crippen LogP contribution in [-0.4, -0.2) is 27.9 Å². The Kier molecular flexibility index (Phi) is 4.99. The van der Waals surface area contributed by atoms with Crippen molar-refractivity contribution in [1.29, 1.82) is 0 Å². The fourth-order valence-electron chi connectivity index (χ4n) is 2.76. The Morgan fingerprint density at radius 2 is 1.92 bits per heavy atom. The predicted molar refractivity (Wildman–Crippen MR) is 96.2 cm³/mol. The number of aromatic nitrogens is 2. The normalized spacial score (nSPS) is 15.5. The molecular weight excluding hydrogens is 316 g/mol. The average Bonchev–Trinajstić information content (AvgIpc) is 3.46. The molecule has 0 bridgehead atoms. The van der Waals surface area contributed by atoms with Crippen LogP contribution >= 0.6 is 0 Å². The summed E-state index contributed by atoms with van der Waals surface area (Å²) >= 11 is 0. The van der Waals surface area contributed by atoms with Gasteiger partial charge in [-0.05, 0) is 30.5 Å². The third kappa shape index (κ3) is 4.33. The van der Waals surface area contributed by atoms with Crippen molar-refractivity contribution in [2.45, 2.75) is 38.6 Å². The second-order valence-corrected chi connectivity index (χ2v) is 7.21. The fourth-order valence-corrected chi connectivity index (χ4v) is 2.76. The number of urea groups is 1. The summed E-state index contributed by atoms with van der Waals surface area (Å²) in [6.07, 6.45) is 2.33. The molecule has 1 heterocycles. The van der Waals surface area contributed by atoms with Gasteiger partial charge >= 0.3 is 6.03 Å². The van der Waals surface area contributed by atoms with Crippen molar-refractivity contribution in [2.75, 3.05) is 11.9 Å². The van der Waals surface area contributed by atoms with Crippen LogP contribution in [0.3, 0.4) is 0 Å². The van der Waals surface area contributed by atoms with Crippen LogP contribution in [0.2, 0.25) is 0 Å². The summed E-state index contributed by atoms with van der Waals surface area (Å²) in [4.78, 5) is 12.4. The Morgan fingerprint density at radius 1 is 1.20 bits per heavy atom. The highest BCUT2D eigenvalue weighted by molar-refractivity contribution is 5.88. The summed E-state index contributed by atoms with van der Waals surface area (Å²) in [7, 11) is 0. The molecule has 3 rings (SSSR count). The molecule has 6 nitrogen and oxygen atoms in total. The lowest BCUT2D eigenvalue weighted by molar-refractivity contribution is 0.119. The van der Waals surface area contributed by atoms with Crippen LogP contribution < -0.4 is 10.6 Å². The summed E-state index contributed by atoms with van der Waals surface area (Å²) in [5, 5.41) is 23.6. The van der Waals surface area contributed by atoms with Gasteiger partial charge in [0.1, 0.15) is 0 Å². The van der Waals surface area contributed by atoms with Gasteiger partial charge < -0.3 is 10.4 Å². The van der Waals surface area contributed by atoms with Crippen LogP contribution in [0.4, 0.5) is 10.6 Å². The lowest BCUT2D eigenvalue weighted by Gasteiger charge is -2.33. The van der Waals surface area contributed by atoms with Gasteiger partial charge in [0.15, 0.2) is 5.82 Å². The van der Waals surface area contributed by atoms with Gasteiger partial charge in [-0.15, -0.1) is 5.10 Å². The van der Waals surface area contributed by atoms with Gasteiger partial charge in [-0.25, -0.2) is 4.79 Å². The second kappa shape index (κ2) is 7.19. The van der Waals surface area contributed by atoms with E-state index in [9.17, 15) is 9.90 Å².